The van der Waals surface area contributed by atoms with Crippen LogP contribution in [0.15, 0.2) is 24.5 Å². The Bertz CT molecular complexity index is 965. The molecule has 2 atom stereocenters. The van der Waals surface area contributed by atoms with Crippen LogP contribution in [0.1, 0.15) is 17.1 Å². The molecule has 2 saturated heterocycles. The molecule has 3 aromatic rings. The zero-order valence-corrected chi connectivity index (χ0v) is 15.4. The molecule has 2 unspecified atom stereocenters. The van der Waals surface area contributed by atoms with Gasteiger partial charge in [0.05, 0.1) is 5.69 Å². The van der Waals surface area contributed by atoms with Crippen molar-refractivity contribution >= 4 is 17.3 Å². The topological polar surface area (TPSA) is 62.5 Å². The van der Waals surface area contributed by atoms with Gasteiger partial charge in [-0.1, -0.05) is 0 Å². The fourth-order valence-electron chi connectivity index (χ4n) is 4.40. The van der Waals surface area contributed by atoms with Gasteiger partial charge >= 0.3 is 0 Å². The van der Waals surface area contributed by atoms with Crippen molar-refractivity contribution in [3.63, 3.8) is 0 Å². The zero-order valence-electron chi connectivity index (χ0n) is 15.4. The first-order valence-corrected chi connectivity index (χ1v) is 9.19. The Labute approximate surface area is 152 Å². The van der Waals surface area contributed by atoms with Crippen LogP contribution in [0.4, 0.5) is 11.6 Å². The highest BCUT2D eigenvalue weighted by Gasteiger charge is 2.41. The number of nitrogens with zero attached hydrogens (tertiary/aromatic N) is 7. The minimum Gasteiger partial charge on any atom is -0.356 e. The maximum absolute atomic E-state index is 4.65. The molecular formula is C19H23N7. The van der Waals surface area contributed by atoms with E-state index in [0.717, 1.165) is 54.7 Å². The van der Waals surface area contributed by atoms with E-state index in [1.807, 2.05) is 24.4 Å². The summed E-state index contributed by atoms with van der Waals surface area (Å²) >= 11 is 0. The first kappa shape index (κ1) is 15.5. The van der Waals surface area contributed by atoms with Crippen LogP contribution >= 0.6 is 0 Å². The molecule has 7 nitrogen and oxygen atoms in total. The number of aryl methyl sites for hydroxylation is 3. The second kappa shape index (κ2) is 5.65. The zero-order chi connectivity index (χ0) is 17.8. The molecule has 0 bridgehead atoms. The van der Waals surface area contributed by atoms with Crippen molar-refractivity contribution in [1.82, 2.24) is 24.6 Å². The quantitative estimate of drug-likeness (QED) is 0.705. The standard InChI is InChI=1S/C19H23N7/c1-12-4-17(21-11-20-12)24-7-15-9-25(10-16(15)8-24)19-6-13(2)22-18-5-14(3)23-26(18)19/h4-6,11,15-16H,7-10H2,1-3H3. The van der Waals surface area contributed by atoms with E-state index in [0.29, 0.717) is 11.8 Å². The molecule has 0 radical (unpaired) electrons. The molecule has 7 heteroatoms. The molecule has 0 spiro atoms. The first-order valence-electron chi connectivity index (χ1n) is 9.19. The summed E-state index contributed by atoms with van der Waals surface area (Å²) in [7, 11) is 0. The Kier molecular flexibility index (Phi) is 3.38. The third kappa shape index (κ3) is 2.50. The average Bonchev–Trinajstić information content (AvgIpc) is 3.25. The molecule has 0 N–H and O–H groups in total. The summed E-state index contributed by atoms with van der Waals surface area (Å²) in [6.07, 6.45) is 1.67. The van der Waals surface area contributed by atoms with Gasteiger partial charge in [0.2, 0.25) is 0 Å². The van der Waals surface area contributed by atoms with Gasteiger partial charge in [-0.05, 0) is 20.8 Å². The number of hydrogen-bond donors (Lipinski definition) is 0. The predicted molar refractivity (Wildman–Crippen MR) is 101 cm³/mol. The van der Waals surface area contributed by atoms with Crippen molar-refractivity contribution in [2.75, 3.05) is 36.0 Å². The van der Waals surface area contributed by atoms with E-state index < -0.39 is 0 Å². The number of anilines is 2. The number of fused-ring (bicyclic) bond motifs is 2. The summed E-state index contributed by atoms with van der Waals surface area (Å²) in [4.78, 5) is 18.2. The second-order valence-corrected chi connectivity index (χ2v) is 7.66. The van der Waals surface area contributed by atoms with Gasteiger partial charge in [0.15, 0.2) is 5.65 Å². The minimum absolute atomic E-state index is 0.658. The molecule has 3 aromatic heterocycles. The molecule has 2 fully saturated rings. The van der Waals surface area contributed by atoms with Crippen LogP contribution in [0, 0.1) is 32.6 Å². The molecule has 0 saturated carbocycles. The molecule has 26 heavy (non-hydrogen) atoms. The highest BCUT2D eigenvalue weighted by molar-refractivity contribution is 5.53. The summed E-state index contributed by atoms with van der Waals surface area (Å²) < 4.78 is 1.99. The fraction of sp³-hybridized carbons (Fsp3) is 0.474. The van der Waals surface area contributed by atoms with Crippen molar-refractivity contribution in [3.8, 4) is 0 Å². The van der Waals surface area contributed by atoms with Crippen LogP contribution in [-0.2, 0) is 0 Å². The molecule has 0 aliphatic carbocycles. The van der Waals surface area contributed by atoms with Gasteiger partial charge in [-0.15, -0.1) is 0 Å². The molecule has 5 rings (SSSR count). The Morgan fingerprint density at radius 2 is 1.54 bits per heavy atom. The average molecular weight is 349 g/mol. The van der Waals surface area contributed by atoms with Crippen molar-refractivity contribution in [2.24, 2.45) is 11.8 Å². The summed E-state index contributed by atoms with van der Waals surface area (Å²) in [5, 5.41) is 4.65. The Hall–Kier alpha value is -2.70. The minimum atomic E-state index is 0.658. The molecule has 2 aliphatic rings. The van der Waals surface area contributed by atoms with E-state index in [1.54, 1.807) is 6.33 Å². The van der Waals surface area contributed by atoms with E-state index >= 15 is 0 Å². The van der Waals surface area contributed by atoms with Gasteiger partial charge in [-0.2, -0.15) is 9.61 Å². The van der Waals surface area contributed by atoms with Crippen LogP contribution in [0.25, 0.3) is 5.65 Å². The van der Waals surface area contributed by atoms with E-state index in [4.69, 9.17) is 0 Å². The monoisotopic (exact) mass is 349 g/mol. The maximum atomic E-state index is 4.65. The van der Waals surface area contributed by atoms with Crippen LogP contribution in [0.3, 0.4) is 0 Å². The predicted octanol–water partition coefficient (Wildman–Crippen LogP) is 2.02. The van der Waals surface area contributed by atoms with Crippen LogP contribution < -0.4 is 9.80 Å². The van der Waals surface area contributed by atoms with Crippen molar-refractivity contribution in [3.05, 3.63) is 41.6 Å². The third-order valence-electron chi connectivity index (χ3n) is 5.58. The Morgan fingerprint density at radius 1 is 0.808 bits per heavy atom. The summed E-state index contributed by atoms with van der Waals surface area (Å²) in [6.45, 7) is 10.3. The summed E-state index contributed by atoms with van der Waals surface area (Å²) in [6, 6.07) is 6.29. The van der Waals surface area contributed by atoms with Gasteiger partial charge in [0.1, 0.15) is 18.0 Å². The lowest BCUT2D eigenvalue weighted by Crippen LogP contribution is -2.30. The lowest BCUT2D eigenvalue weighted by atomic mass is 10.0. The van der Waals surface area contributed by atoms with Crippen LogP contribution in [0.2, 0.25) is 0 Å². The van der Waals surface area contributed by atoms with E-state index in [1.165, 1.54) is 5.82 Å². The van der Waals surface area contributed by atoms with Gasteiger partial charge in [0, 0.05) is 67.6 Å². The lowest BCUT2D eigenvalue weighted by molar-refractivity contribution is 0.533. The Balaban J connectivity index is 1.39. The lowest BCUT2D eigenvalue weighted by Gasteiger charge is -2.24. The maximum Gasteiger partial charge on any atom is 0.157 e. The second-order valence-electron chi connectivity index (χ2n) is 7.66. The van der Waals surface area contributed by atoms with E-state index in [9.17, 15) is 0 Å². The number of rotatable bonds is 2. The van der Waals surface area contributed by atoms with Crippen LogP contribution in [-0.4, -0.2) is 50.7 Å². The van der Waals surface area contributed by atoms with Gasteiger partial charge < -0.3 is 9.80 Å². The highest BCUT2D eigenvalue weighted by atomic mass is 15.4. The molecule has 2 aliphatic heterocycles. The van der Waals surface area contributed by atoms with Crippen molar-refractivity contribution in [1.29, 1.82) is 0 Å². The highest BCUT2D eigenvalue weighted by Crippen LogP contribution is 2.35. The van der Waals surface area contributed by atoms with Crippen LogP contribution in [0.5, 0.6) is 0 Å². The number of aromatic nitrogens is 5. The largest absolute Gasteiger partial charge is 0.356 e. The van der Waals surface area contributed by atoms with Crippen molar-refractivity contribution in [2.45, 2.75) is 20.8 Å². The molecule has 0 amide bonds. The smallest absolute Gasteiger partial charge is 0.157 e. The Morgan fingerprint density at radius 3 is 2.27 bits per heavy atom. The van der Waals surface area contributed by atoms with Gasteiger partial charge in [-0.25, -0.2) is 15.0 Å². The first-order chi connectivity index (χ1) is 12.6. The molecule has 0 aromatic carbocycles. The number of hydrogen-bond acceptors (Lipinski definition) is 6. The van der Waals surface area contributed by atoms with E-state index in [-0.39, 0.29) is 0 Å². The molecular weight excluding hydrogens is 326 g/mol. The molecule has 5 heterocycles. The van der Waals surface area contributed by atoms with Gasteiger partial charge in [-0.3, -0.25) is 0 Å². The summed E-state index contributed by atoms with van der Waals surface area (Å²) in [5.74, 6) is 3.54. The fourth-order valence-corrected chi connectivity index (χ4v) is 4.40. The molecule has 134 valence electrons. The normalized spacial score (nSPS) is 22.4. The van der Waals surface area contributed by atoms with Crippen molar-refractivity contribution < 1.29 is 0 Å². The summed E-state index contributed by atoms with van der Waals surface area (Å²) in [5.41, 5.74) is 4.02. The third-order valence-corrected chi connectivity index (χ3v) is 5.58. The van der Waals surface area contributed by atoms with Gasteiger partial charge in [0.25, 0.3) is 0 Å². The SMILES string of the molecule is Cc1cc(N2CC3CN(c4cc(C)nc5cc(C)nn45)CC3C2)ncn1. The van der Waals surface area contributed by atoms with E-state index in [2.05, 4.69) is 48.9 Å².